The molecule has 1 fully saturated rings. The van der Waals surface area contributed by atoms with Crippen LogP contribution in [0.25, 0.3) is 0 Å². The number of amides is 1. The molecule has 1 saturated heterocycles. The maximum Gasteiger partial charge on any atom is 0.257 e. The first-order valence-corrected chi connectivity index (χ1v) is 8.20. The van der Waals surface area contributed by atoms with Crippen LogP contribution in [0.5, 0.6) is 11.5 Å². The fourth-order valence-electron chi connectivity index (χ4n) is 3.22. The smallest absolute Gasteiger partial charge is 0.257 e. The number of benzene rings is 1. The summed E-state index contributed by atoms with van der Waals surface area (Å²) < 4.78 is 16.5. The molecule has 1 aromatic carbocycles. The fraction of sp³-hybridized carbons (Fsp3) is 0.471. The number of hydrogen-bond donors (Lipinski definition) is 0. The van der Waals surface area contributed by atoms with Gasteiger partial charge in [-0.3, -0.25) is 4.79 Å². The topological polar surface area (TPSA) is 77.7 Å². The van der Waals surface area contributed by atoms with Crippen molar-refractivity contribution in [1.29, 1.82) is 0 Å². The van der Waals surface area contributed by atoms with Crippen molar-refractivity contribution in [2.24, 2.45) is 0 Å². The predicted molar refractivity (Wildman–Crippen MR) is 84.3 cm³/mol. The number of aryl methyl sites for hydroxylation is 1. The predicted octanol–water partition coefficient (Wildman–Crippen LogP) is 2.17. The minimum absolute atomic E-state index is 0.0162. The number of rotatable bonds is 2. The van der Waals surface area contributed by atoms with Gasteiger partial charge in [-0.2, -0.15) is 4.98 Å². The van der Waals surface area contributed by atoms with E-state index in [9.17, 15) is 4.79 Å². The van der Waals surface area contributed by atoms with Crippen LogP contribution in [0.4, 0.5) is 0 Å². The van der Waals surface area contributed by atoms with Crippen LogP contribution in [0.15, 0.2) is 22.7 Å². The lowest BCUT2D eigenvalue weighted by molar-refractivity contribution is 0.0694. The van der Waals surface area contributed by atoms with Crippen LogP contribution in [-0.2, 0) is 0 Å². The molecule has 2 aliphatic heterocycles. The van der Waals surface area contributed by atoms with Crippen LogP contribution >= 0.6 is 0 Å². The second-order valence-electron chi connectivity index (χ2n) is 6.08. The molecule has 2 aliphatic rings. The quantitative estimate of drug-likeness (QED) is 0.840. The molecule has 0 radical (unpaired) electrons. The van der Waals surface area contributed by atoms with Crippen molar-refractivity contribution in [3.63, 3.8) is 0 Å². The molecule has 0 saturated carbocycles. The Kier molecular flexibility index (Phi) is 3.84. The monoisotopic (exact) mass is 329 g/mol. The Hall–Kier alpha value is -2.57. The number of ether oxygens (including phenoxy) is 2. The van der Waals surface area contributed by atoms with Crippen molar-refractivity contribution < 1.29 is 18.8 Å². The molecule has 24 heavy (non-hydrogen) atoms. The van der Waals surface area contributed by atoms with E-state index in [0.717, 1.165) is 12.8 Å². The molecule has 0 bridgehead atoms. The highest BCUT2D eigenvalue weighted by molar-refractivity contribution is 5.98. The van der Waals surface area contributed by atoms with Crippen LogP contribution in [-0.4, -0.2) is 47.3 Å². The summed E-state index contributed by atoms with van der Waals surface area (Å²) >= 11 is 0. The Morgan fingerprint density at radius 2 is 2.00 bits per heavy atom. The van der Waals surface area contributed by atoms with Crippen molar-refractivity contribution >= 4 is 5.91 Å². The SMILES string of the molecule is Cc1noc(C2CCN(C(=O)c3cccc4c3OCCO4)CC2)n1. The van der Waals surface area contributed by atoms with Crippen LogP contribution in [0.3, 0.4) is 0 Å². The van der Waals surface area contributed by atoms with E-state index in [2.05, 4.69) is 10.1 Å². The molecule has 4 rings (SSSR count). The molecule has 0 aliphatic carbocycles. The van der Waals surface area contributed by atoms with Crippen LogP contribution in [0, 0.1) is 6.92 Å². The molecule has 0 atom stereocenters. The molecule has 1 aromatic heterocycles. The molecule has 3 heterocycles. The fourth-order valence-corrected chi connectivity index (χ4v) is 3.22. The minimum atomic E-state index is -0.0162. The first-order valence-electron chi connectivity index (χ1n) is 8.20. The van der Waals surface area contributed by atoms with Gasteiger partial charge in [0, 0.05) is 19.0 Å². The highest BCUT2D eigenvalue weighted by Gasteiger charge is 2.30. The van der Waals surface area contributed by atoms with Gasteiger partial charge in [0.05, 0.1) is 5.56 Å². The van der Waals surface area contributed by atoms with E-state index in [1.807, 2.05) is 24.0 Å². The van der Waals surface area contributed by atoms with E-state index in [4.69, 9.17) is 14.0 Å². The largest absolute Gasteiger partial charge is 0.486 e. The third-order valence-corrected chi connectivity index (χ3v) is 4.47. The first-order chi connectivity index (χ1) is 11.7. The number of carbonyl (C=O) groups excluding carboxylic acids is 1. The van der Waals surface area contributed by atoms with E-state index in [1.54, 1.807) is 6.07 Å². The summed E-state index contributed by atoms with van der Waals surface area (Å²) in [6, 6.07) is 5.45. The van der Waals surface area contributed by atoms with Gasteiger partial charge < -0.3 is 18.9 Å². The van der Waals surface area contributed by atoms with Gasteiger partial charge in [0.15, 0.2) is 17.3 Å². The molecule has 7 heteroatoms. The van der Waals surface area contributed by atoms with E-state index in [0.29, 0.717) is 55.1 Å². The van der Waals surface area contributed by atoms with Crippen molar-refractivity contribution in [2.45, 2.75) is 25.7 Å². The number of aromatic nitrogens is 2. The zero-order chi connectivity index (χ0) is 16.5. The lowest BCUT2D eigenvalue weighted by atomic mass is 9.96. The summed E-state index contributed by atoms with van der Waals surface area (Å²) in [7, 11) is 0. The zero-order valence-corrected chi connectivity index (χ0v) is 13.5. The third kappa shape index (κ3) is 2.70. The summed E-state index contributed by atoms with van der Waals surface area (Å²) in [5.41, 5.74) is 0.569. The molecule has 2 aromatic rings. The Balaban J connectivity index is 1.47. The number of para-hydroxylation sites is 1. The number of nitrogens with zero attached hydrogens (tertiary/aromatic N) is 3. The van der Waals surface area contributed by atoms with E-state index in [1.165, 1.54) is 0 Å². The van der Waals surface area contributed by atoms with Gasteiger partial charge in [0.1, 0.15) is 13.2 Å². The van der Waals surface area contributed by atoms with Gasteiger partial charge in [-0.15, -0.1) is 0 Å². The van der Waals surface area contributed by atoms with E-state index < -0.39 is 0 Å². The summed E-state index contributed by atoms with van der Waals surface area (Å²) in [5, 5.41) is 3.84. The van der Waals surface area contributed by atoms with Gasteiger partial charge in [0.25, 0.3) is 5.91 Å². The van der Waals surface area contributed by atoms with Crippen LogP contribution in [0.2, 0.25) is 0 Å². The van der Waals surface area contributed by atoms with Gasteiger partial charge in [-0.1, -0.05) is 11.2 Å². The zero-order valence-electron chi connectivity index (χ0n) is 13.5. The molecule has 0 unspecified atom stereocenters. The van der Waals surface area contributed by atoms with Crippen LogP contribution in [0.1, 0.15) is 40.8 Å². The van der Waals surface area contributed by atoms with E-state index in [-0.39, 0.29) is 11.8 Å². The standard InChI is InChI=1S/C17H19N3O4/c1-11-18-16(24-19-11)12-5-7-20(8-6-12)17(21)13-3-2-4-14-15(13)23-10-9-22-14/h2-4,12H,5-10H2,1H3. The second-order valence-corrected chi connectivity index (χ2v) is 6.08. The van der Waals surface area contributed by atoms with Crippen molar-refractivity contribution in [3.8, 4) is 11.5 Å². The van der Waals surface area contributed by atoms with Crippen molar-refractivity contribution in [1.82, 2.24) is 15.0 Å². The lowest BCUT2D eigenvalue weighted by Gasteiger charge is -2.31. The molecule has 1 amide bonds. The summed E-state index contributed by atoms with van der Waals surface area (Å²) in [6.45, 7) is 4.12. The summed E-state index contributed by atoms with van der Waals surface area (Å²) in [5.74, 6) is 2.73. The maximum absolute atomic E-state index is 12.9. The number of piperidine rings is 1. The average molecular weight is 329 g/mol. The molecule has 7 nitrogen and oxygen atoms in total. The average Bonchev–Trinajstić information content (AvgIpc) is 3.07. The Labute approximate surface area is 139 Å². The summed E-state index contributed by atoms with van der Waals surface area (Å²) in [6.07, 6.45) is 1.64. The second kappa shape index (κ2) is 6.14. The molecule has 0 spiro atoms. The van der Waals surface area contributed by atoms with Crippen molar-refractivity contribution in [2.75, 3.05) is 26.3 Å². The highest BCUT2D eigenvalue weighted by atomic mass is 16.6. The Morgan fingerprint density at radius 1 is 1.21 bits per heavy atom. The Morgan fingerprint density at radius 3 is 2.75 bits per heavy atom. The molecule has 126 valence electrons. The third-order valence-electron chi connectivity index (χ3n) is 4.47. The number of likely N-dealkylation sites (tertiary alicyclic amines) is 1. The normalized spacial score (nSPS) is 17.8. The summed E-state index contributed by atoms with van der Waals surface area (Å²) in [4.78, 5) is 19.0. The molecular formula is C17H19N3O4. The van der Waals surface area contributed by atoms with Gasteiger partial charge in [-0.25, -0.2) is 0 Å². The number of hydrogen-bond acceptors (Lipinski definition) is 6. The highest BCUT2D eigenvalue weighted by Crippen LogP contribution is 2.35. The van der Waals surface area contributed by atoms with E-state index >= 15 is 0 Å². The number of carbonyl (C=O) groups is 1. The first kappa shape index (κ1) is 15.0. The molecule has 0 N–H and O–H groups in total. The lowest BCUT2D eigenvalue weighted by Crippen LogP contribution is -2.38. The molecular weight excluding hydrogens is 310 g/mol. The number of fused-ring (bicyclic) bond motifs is 1. The van der Waals surface area contributed by atoms with Gasteiger partial charge >= 0.3 is 0 Å². The van der Waals surface area contributed by atoms with Crippen LogP contribution < -0.4 is 9.47 Å². The Bertz CT molecular complexity index is 750. The van der Waals surface area contributed by atoms with Gasteiger partial charge in [0.2, 0.25) is 5.89 Å². The van der Waals surface area contributed by atoms with Gasteiger partial charge in [-0.05, 0) is 31.9 Å². The maximum atomic E-state index is 12.9. The minimum Gasteiger partial charge on any atom is -0.486 e. The van der Waals surface area contributed by atoms with Crippen molar-refractivity contribution in [3.05, 3.63) is 35.5 Å².